The molecule has 0 aliphatic heterocycles. The lowest BCUT2D eigenvalue weighted by atomic mass is 10.1. The van der Waals surface area contributed by atoms with E-state index >= 15 is 0 Å². The predicted octanol–water partition coefficient (Wildman–Crippen LogP) is 3.05. The Balaban J connectivity index is 2.76. The van der Waals surface area contributed by atoms with Crippen molar-refractivity contribution >= 4 is 5.78 Å². The molecule has 0 atom stereocenters. The number of rotatable bonds is 4. The van der Waals surface area contributed by atoms with Crippen LogP contribution in [0.15, 0.2) is 23.1 Å². The lowest BCUT2D eigenvalue weighted by Crippen LogP contribution is -1.97. The fourth-order valence-electron chi connectivity index (χ4n) is 1.28. The molecule has 0 unspecified atom stereocenters. The SMILES string of the molecule is C=CCCC(=O)c1cc(C)oc1C. The molecule has 13 heavy (non-hydrogen) atoms. The van der Waals surface area contributed by atoms with Crippen molar-refractivity contribution in [3.8, 4) is 0 Å². The Bertz CT molecular complexity index is 321. The highest BCUT2D eigenvalue weighted by atomic mass is 16.3. The van der Waals surface area contributed by atoms with Crippen LogP contribution < -0.4 is 0 Å². The molecule has 0 fully saturated rings. The molecule has 0 aliphatic rings. The van der Waals surface area contributed by atoms with Gasteiger partial charge in [-0.05, 0) is 26.3 Å². The van der Waals surface area contributed by atoms with E-state index in [2.05, 4.69) is 6.58 Å². The van der Waals surface area contributed by atoms with Crippen LogP contribution in [0.1, 0.15) is 34.7 Å². The van der Waals surface area contributed by atoms with E-state index in [1.807, 2.05) is 13.8 Å². The molecule has 2 heteroatoms. The fraction of sp³-hybridized carbons (Fsp3) is 0.364. The average molecular weight is 178 g/mol. The molecule has 1 rings (SSSR count). The van der Waals surface area contributed by atoms with Crippen LogP contribution in [-0.4, -0.2) is 5.78 Å². The van der Waals surface area contributed by atoms with E-state index in [-0.39, 0.29) is 5.78 Å². The van der Waals surface area contributed by atoms with Gasteiger partial charge in [0.2, 0.25) is 0 Å². The number of hydrogen-bond donors (Lipinski definition) is 0. The van der Waals surface area contributed by atoms with Gasteiger partial charge in [-0.3, -0.25) is 4.79 Å². The highest BCUT2D eigenvalue weighted by Crippen LogP contribution is 2.16. The third-order valence-corrected chi connectivity index (χ3v) is 1.92. The maximum Gasteiger partial charge on any atom is 0.166 e. The van der Waals surface area contributed by atoms with Gasteiger partial charge in [-0.1, -0.05) is 6.08 Å². The van der Waals surface area contributed by atoms with Crippen LogP contribution in [0.25, 0.3) is 0 Å². The molecule has 0 amide bonds. The van der Waals surface area contributed by atoms with Gasteiger partial charge in [-0.2, -0.15) is 0 Å². The minimum absolute atomic E-state index is 0.134. The summed E-state index contributed by atoms with van der Waals surface area (Å²) in [6.45, 7) is 7.24. The van der Waals surface area contributed by atoms with Crippen LogP contribution in [0.5, 0.6) is 0 Å². The zero-order chi connectivity index (χ0) is 9.84. The molecule has 0 aromatic carbocycles. The Labute approximate surface area is 78.3 Å². The minimum Gasteiger partial charge on any atom is -0.466 e. The summed E-state index contributed by atoms with van der Waals surface area (Å²) in [5.41, 5.74) is 0.708. The molecule has 0 saturated carbocycles. The van der Waals surface area contributed by atoms with Gasteiger partial charge in [-0.15, -0.1) is 6.58 Å². The summed E-state index contributed by atoms with van der Waals surface area (Å²) in [5, 5.41) is 0. The van der Waals surface area contributed by atoms with Crippen molar-refractivity contribution < 1.29 is 9.21 Å². The van der Waals surface area contributed by atoms with E-state index in [9.17, 15) is 4.79 Å². The lowest BCUT2D eigenvalue weighted by molar-refractivity contribution is 0.0982. The molecule has 1 aromatic heterocycles. The fourth-order valence-corrected chi connectivity index (χ4v) is 1.28. The largest absolute Gasteiger partial charge is 0.466 e. The molecule has 70 valence electrons. The highest BCUT2D eigenvalue weighted by molar-refractivity contribution is 5.97. The first-order valence-corrected chi connectivity index (χ1v) is 4.36. The molecule has 0 aliphatic carbocycles. The van der Waals surface area contributed by atoms with Crippen molar-refractivity contribution in [1.29, 1.82) is 0 Å². The first kappa shape index (κ1) is 9.78. The molecule has 1 heterocycles. The van der Waals surface area contributed by atoms with E-state index < -0.39 is 0 Å². The Hall–Kier alpha value is -1.31. The highest BCUT2D eigenvalue weighted by Gasteiger charge is 2.11. The summed E-state index contributed by atoms with van der Waals surface area (Å²) in [6.07, 6.45) is 2.99. The van der Waals surface area contributed by atoms with Crippen molar-refractivity contribution in [3.05, 3.63) is 35.8 Å². The molecule has 1 aromatic rings. The second-order valence-electron chi connectivity index (χ2n) is 3.08. The Morgan fingerprint density at radius 2 is 2.31 bits per heavy atom. The number of carbonyl (C=O) groups is 1. The van der Waals surface area contributed by atoms with Crippen molar-refractivity contribution in [2.24, 2.45) is 0 Å². The third kappa shape index (κ3) is 2.31. The molecule has 2 nitrogen and oxygen atoms in total. The maximum absolute atomic E-state index is 11.5. The maximum atomic E-state index is 11.5. The van der Waals surface area contributed by atoms with Gasteiger partial charge >= 0.3 is 0 Å². The van der Waals surface area contributed by atoms with Crippen LogP contribution in [-0.2, 0) is 0 Å². The zero-order valence-electron chi connectivity index (χ0n) is 8.09. The number of hydrogen-bond acceptors (Lipinski definition) is 2. The van der Waals surface area contributed by atoms with Crippen molar-refractivity contribution in [2.45, 2.75) is 26.7 Å². The number of Topliss-reactive ketones (excluding diaryl/α,β-unsaturated/α-hetero) is 1. The summed E-state index contributed by atoms with van der Waals surface area (Å²) < 4.78 is 5.27. The van der Waals surface area contributed by atoms with Gasteiger partial charge in [0.15, 0.2) is 5.78 Å². The van der Waals surface area contributed by atoms with Gasteiger partial charge in [-0.25, -0.2) is 0 Å². The van der Waals surface area contributed by atoms with E-state index in [1.165, 1.54) is 0 Å². The van der Waals surface area contributed by atoms with Gasteiger partial charge in [0.05, 0.1) is 5.56 Å². The molecular weight excluding hydrogens is 164 g/mol. The van der Waals surface area contributed by atoms with Crippen LogP contribution in [0.4, 0.5) is 0 Å². The number of ketones is 1. The van der Waals surface area contributed by atoms with E-state index in [0.717, 1.165) is 12.2 Å². The first-order valence-electron chi connectivity index (χ1n) is 4.36. The zero-order valence-corrected chi connectivity index (χ0v) is 8.09. The normalized spacial score (nSPS) is 10.0. The Morgan fingerprint density at radius 1 is 1.62 bits per heavy atom. The van der Waals surface area contributed by atoms with Crippen LogP contribution in [0.3, 0.4) is 0 Å². The minimum atomic E-state index is 0.134. The van der Waals surface area contributed by atoms with E-state index in [4.69, 9.17) is 4.42 Å². The van der Waals surface area contributed by atoms with Gasteiger partial charge in [0, 0.05) is 6.42 Å². The second-order valence-corrected chi connectivity index (χ2v) is 3.08. The monoisotopic (exact) mass is 178 g/mol. The van der Waals surface area contributed by atoms with Gasteiger partial charge < -0.3 is 4.42 Å². The molecule has 0 N–H and O–H groups in total. The number of allylic oxidation sites excluding steroid dienone is 1. The number of carbonyl (C=O) groups excluding carboxylic acids is 1. The van der Waals surface area contributed by atoms with E-state index in [1.54, 1.807) is 12.1 Å². The van der Waals surface area contributed by atoms with E-state index in [0.29, 0.717) is 17.7 Å². The molecule has 0 spiro atoms. The topological polar surface area (TPSA) is 30.2 Å². The van der Waals surface area contributed by atoms with Crippen LogP contribution in [0.2, 0.25) is 0 Å². The molecular formula is C11H14O2. The number of furan rings is 1. The summed E-state index contributed by atoms with van der Waals surface area (Å²) in [5.74, 6) is 1.64. The molecule has 0 saturated heterocycles. The summed E-state index contributed by atoms with van der Waals surface area (Å²) >= 11 is 0. The lowest BCUT2D eigenvalue weighted by Gasteiger charge is -1.94. The van der Waals surface area contributed by atoms with Crippen molar-refractivity contribution in [2.75, 3.05) is 0 Å². The van der Waals surface area contributed by atoms with Crippen molar-refractivity contribution in [3.63, 3.8) is 0 Å². The Morgan fingerprint density at radius 3 is 2.77 bits per heavy atom. The second kappa shape index (κ2) is 4.08. The summed E-state index contributed by atoms with van der Waals surface area (Å²) in [4.78, 5) is 11.5. The predicted molar refractivity (Wildman–Crippen MR) is 51.9 cm³/mol. The number of aryl methyl sites for hydroxylation is 2. The molecule has 0 bridgehead atoms. The molecule has 0 radical (unpaired) electrons. The van der Waals surface area contributed by atoms with Crippen molar-refractivity contribution in [1.82, 2.24) is 0 Å². The smallest absolute Gasteiger partial charge is 0.166 e. The van der Waals surface area contributed by atoms with Crippen LogP contribution in [0, 0.1) is 13.8 Å². The van der Waals surface area contributed by atoms with Gasteiger partial charge in [0.25, 0.3) is 0 Å². The summed E-state index contributed by atoms with van der Waals surface area (Å²) in [6, 6.07) is 1.79. The average Bonchev–Trinajstić information content (AvgIpc) is 2.41. The van der Waals surface area contributed by atoms with Gasteiger partial charge in [0.1, 0.15) is 11.5 Å². The first-order chi connectivity index (χ1) is 6.15. The summed E-state index contributed by atoms with van der Waals surface area (Å²) in [7, 11) is 0. The Kier molecular flexibility index (Phi) is 3.07. The van der Waals surface area contributed by atoms with Crippen LogP contribution >= 0.6 is 0 Å². The standard InChI is InChI=1S/C11H14O2/c1-4-5-6-11(12)10-7-8(2)13-9(10)3/h4,7H,1,5-6H2,2-3H3. The third-order valence-electron chi connectivity index (χ3n) is 1.92. The quantitative estimate of drug-likeness (QED) is 0.524.